The minimum Gasteiger partial charge on any atom is -0.331 e. The van der Waals surface area contributed by atoms with Crippen LogP contribution in [0, 0.1) is 11.8 Å². The molecule has 1 aliphatic rings. The molecule has 0 atom stereocenters. The molecule has 0 unspecified atom stereocenters. The summed E-state index contributed by atoms with van der Waals surface area (Å²) in [7, 11) is 0. The van der Waals surface area contributed by atoms with Gasteiger partial charge in [-0.2, -0.15) is 11.8 Å². The zero-order chi connectivity index (χ0) is 11.9. The predicted molar refractivity (Wildman–Crippen MR) is 71.8 cm³/mol. The normalized spacial score (nSPS) is 15.6. The minimum absolute atomic E-state index is 0.0450. The Morgan fingerprint density at radius 2 is 2.00 bits per heavy atom. The molecule has 1 heterocycles. The molecule has 0 aromatic heterocycles. The maximum absolute atomic E-state index is 11.9. The van der Waals surface area contributed by atoms with Crippen LogP contribution < -0.4 is 0 Å². The van der Waals surface area contributed by atoms with Crippen molar-refractivity contribution in [1.29, 1.82) is 0 Å². The quantitative estimate of drug-likeness (QED) is 0.652. The molecule has 3 heteroatoms. The van der Waals surface area contributed by atoms with Crippen LogP contribution in [-0.2, 0) is 4.79 Å². The molecule has 0 aliphatic carbocycles. The Balaban J connectivity index is 1.99. The van der Waals surface area contributed by atoms with Gasteiger partial charge in [0.05, 0.1) is 0 Å². The zero-order valence-corrected chi connectivity index (χ0v) is 10.5. The average molecular weight is 245 g/mol. The highest BCUT2D eigenvalue weighted by Gasteiger charge is 2.12. The monoisotopic (exact) mass is 245 g/mol. The maximum atomic E-state index is 11.9. The fourth-order valence-corrected chi connectivity index (χ4v) is 2.56. The molecule has 2 nitrogen and oxygen atoms in total. The third kappa shape index (κ3) is 3.83. The molecule has 0 spiro atoms. The summed E-state index contributed by atoms with van der Waals surface area (Å²) < 4.78 is 0. The van der Waals surface area contributed by atoms with Crippen LogP contribution in [-0.4, -0.2) is 35.4 Å². The van der Waals surface area contributed by atoms with E-state index in [9.17, 15) is 4.79 Å². The number of carbonyl (C=O) groups is 1. The van der Waals surface area contributed by atoms with Gasteiger partial charge in [-0.25, -0.2) is 0 Å². The molecule has 2 rings (SSSR count). The number of carbonyl (C=O) groups excluding carboxylic acids is 1. The minimum atomic E-state index is -0.0450. The molecule has 1 fully saturated rings. The van der Waals surface area contributed by atoms with Crippen molar-refractivity contribution in [2.45, 2.75) is 6.42 Å². The second-order valence-electron chi connectivity index (χ2n) is 3.87. The molecule has 17 heavy (non-hydrogen) atoms. The summed E-state index contributed by atoms with van der Waals surface area (Å²) in [5.74, 6) is 7.77. The standard InChI is InChI=1S/C14H15NOS/c16-14(15-9-4-11-17-12-10-15)8-7-13-5-2-1-3-6-13/h1-3,5-6H,4,9-12H2. The first-order valence-corrected chi connectivity index (χ1v) is 6.95. The zero-order valence-electron chi connectivity index (χ0n) is 9.69. The third-order valence-electron chi connectivity index (χ3n) is 2.60. The molecule has 0 N–H and O–H groups in total. The number of thioether (sulfide) groups is 1. The van der Waals surface area contributed by atoms with Gasteiger partial charge in [-0.1, -0.05) is 24.1 Å². The van der Waals surface area contributed by atoms with Crippen LogP contribution in [0.4, 0.5) is 0 Å². The number of nitrogens with zero attached hydrogens (tertiary/aromatic N) is 1. The van der Waals surface area contributed by atoms with Gasteiger partial charge >= 0.3 is 0 Å². The summed E-state index contributed by atoms with van der Waals surface area (Å²) in [5.41, 5.74) is 0.894. The summed E-state index contributed by atoms with van der Waals surface area (Å²) in [5, 5.41) is 0. The number of rotatable bonds is 0. The maximum Gasteiger partial charge on any atom is 0.298 e. The number of amides is 1. The first kappa shape index (κ1) is 12.1. The van der Waals surface area contributed by atoms with Crippen LogP contribution >= 0.6 is 11.8 Å². The van der Waals surface area contributed by atoms with Crippen molar-refractivity contribution in [3.63, 3.8) is 0 Å². The Bertz CT molecular complexity index is 425. The topological polar surface area (TPSA) is 20.3 Å². The highest BCUT2D eigenvalue weighted by molar-refractivity contribution is 7.99. The lowest BCUT2D eigenvalue weighted by atomic mass is 10.2. The Labute approximate surface area is 106 Å². The van der Waals surface area contributed by atoms with E-state index in [0.717, 1.165) is 36.6 Å². The summed E-state index contributed by atoms with van der Waals surface area (Å²) in [4.78, 5) is 13.7. The molecule has 0 radical (unpaired) electrons. The van der Waals surface area contributed by atoms with E-state index in [1.165, 1.54) is 0 Å². The molecule has 0 bridgehead atoms. The van der Waals surface area contributed by atoms with Gasteiger partial charge in [0, 0.05) is 30.3 Å². The van der Waals surface area contributed by atoms with Gasteiger partial charge in [-0.05, 0) is 24.3 Å². The van der Waals surface area contributed by atoms with Crippen molar-refractivity contribution in [1.82, 2.24) is 4.90 Å². The number of benzene rings is 1. The van der Waals surface area contributed by atoms with Crippen molar-refractivity contribution in [3.05, 3.63) is 35.9 Å². The van der Waals surface area contributed by atoms with Crippen LogP contribution in [0.15, 0.2) is 30.3 Å². The SMILES string of the molecule is O=C(C#Cc1ccccc1)N1CCCSCC1. The summed E-state index contributed by atoms with van der Waals surface area (Å²) in [6, 6.07) is 9.63. The molecule has 1 aliphatic heterocycles. The largest absolute Gasteiger partial charge is 0.331 e. The molecule has 0 saturated carbocycles. The molecule has 1 aromatic carbocycles. The lowest BCUT2D eigenvalue weighted by Crippen LogP contribution is -2.31. The van der Waals surface area contributed by atoms with Crippen molar-refractivity contribution in [3.8, 4) is 11.8 Å². The van der Waals surface area contributed by atoms with Gasteiger partial charge < -0.3 is 4.90 Å². The van der Waals surface area contributed by atoms with Crippen molar-refractivity contribution in [2.75, 3.05) is 24.6 Å². The Morgan fingerprint density at radius 1 is 1.18 bits per heavy atom. The van der Waals surface area contributed by atoms with E-state index in [0.29, 0.717) is 0 Å². The average Bonchev–Trinajstić information content (AvgIpc) is 2.66. The predicted octanol–water partition coefficient (Wildman–Crippen LogP) is 2.00. The molecule has 88 valence electrons. The van der Waals surface area contributed by atoms with Gasteiger partial charge in [-0.15, -0.1) is 0 Å². The van der Waals surface area contributed by atoms with Gasteiger partial charge in [0.2, 0.25) is 0 Å². The van der Waals surface area contributed by atoms with Gasteiger partial charge in [0.1, 0.15) is 0 Å². The van der Waals surface area contributed by atoms with Crippen LogP contribution in [0.1, 0.15) is 12.0 Å². The lowest BCUT2D eigenvalue weighted by molar-refractivity contribution is -0.124. The summed E-state index contributed by atoms with van der Waals surface area (Å²) >= 11 is 1.91. The van der Waals surface area contributed by atoms with Crippen LogP contribution in [0.25, 0.3) is 0 Å². The Kier molecular flexibility index (Phi) is 4.52. The van der Waals surface area contributed by atoms with E-state index in [1.54, 1.807) is 0 Å². The number of hydrogen-bond acceptors (Lipinski definition) is 2. The van der Waals surface area contributed by atoms with E-state index < -0.39 is 0 Å². The highest BCUT2D eigenvalue weighted by Crippen LogP contribution is 2.09. The molecule has 1 amide bonds. The van der Waals surface area contributed by atoms with E-state index in [1.807, 2.05) is 47.0 Å². The molecule has 1 aromatic rings. The van der Waals surface area contributed by atoms with Gasteiger partial charge in [-0.3, -0.25) is 4.79 Å². The lowest BCUT2D eigenvalue weighted by Gasteiger charge is -2.15. The van der Waals surface area contributed by atoms with Gasteiger partial charge in [0.25, 0.3) is 5.91 Å². The molecular formula is C14H15NOS. The van der Waals surface area contributed by atoms with Crippen molar-refractivity contribution >= 4 is 17.7 Å². The highest BCUT2D eigenvalue weighted by atomic mass is 32.2. The van der Waals surface area contributed by atoms with Gasteiger partial charge in [0.15, 0.2) is 0 Å². The third-order valence-corrected chi connectivity index (χ3v) is 3.65. The van der Waals surface area contributed by atoms with E-state index in [4.69, 9.17) is 0 Å². The smallest absolute Gasteiger partial charge is 0.298 e. The van der Waals surface area contributed by atoms with Crippen molar-refractivity contribution < 1.29 is 4.79 Å². The van der Waals surface area contributed by atoms with Crippen LogP contribution in [0.3, 0.4) is 0 Å². The second kappa shape index (κ2) is 6.36. The first-order valence-electron chi connectivity index (χ1n) is 5.80. The summed E-state index contributed by atoms with van der Waals surface area (Å²) in [6.07, 6.45) is 1.07. The van der Waals surface area contributed by atoms with Crippen LogP contribution in [0.5, 0.6) is 0 Å². The van der Waals surface area contributed by atoms with Crippen LogP contribution in [0.2, 0.25) is 0 Å². The second-order valence-corrected chi connectivity index (χ2v) is 5.10. The Morgan fingerprint density at radius 3 is 2.82 bits per heavy atom. The fraction of sp³-hybridized carbons (Fsp3) is 0.357. The fourth-order valence-electron chi connectivity index (χ4n) is 1.68. The Hall–Kier alpha value is -1.40. The number of hydrogen-bond donors (Lipinski definition) is 0. The van der Waals surface area contributed by atoms with E-state index in [2.05, 4.69) is 11.8 Å². The summed E-state index contributed by atoms with van der Waals surface area (Å²) in [6.45, 7) is 1.67. The van der Waals surface area contributed by atoms with E-state index >= 15 is 0 Å². The molecule has 1 saturated heterocycles. The first-order chi connectivity index (χ1) is 8.36. The van der Waals surface area contributed by atoms with E-state index in [-0.39, 0.29) is 5.91 Å². The molecular weight excluding hydrogens is 230 g/mol. The van der Waals surface area contributed by atoms with Crippen molar-refractivity contribution in [2.24, 2.45) is 0 Å².